The van der Waals surface area contributed by atoms with Crippen molar-refractivity contribution in [2.75, 3.05) is 19.1 Å². The molecular formula is C15H17ClO. The monoisotopic (exact) mass is 248 g/mol. The fraction of sp³-hybridized carbons (Fsp3) is 0.333. The maximum Gasteiger partial charge on any atom is 0.0602 e. The lowest BCUT2D eigenvalue weighted by Gasteiger charge is -2.31. The minimum atomic E-state index is -0.0257. The number of rotatable bonds is 5. The van der Waals surface area contributed by atoms with Gasteiger partial charge in [0.25, 0.3) is 0 Å². The van der Waals surface area contributed by atoms with Crippen LogP contribution in [0.1, 0.15) is 12.0 Å². The van der Waals surface area contributed by atoms with Crippen LogP contribution >= 0.6 is 11.6 Å². The van der Waals surface area contributed by atoms with Gasteiger partial charge in [-0.15, -0.1) is 11.6 Å². The van der Waals surface area contributed by atoms with Crippen LogP contribution in [0.5, 0.6) is 0 Å². The third kappa shape index (κ3) is 2.99. The largest absolute Gasteiger partial charge is 0.379 e. The summed E-state index contributed by atoms with van der Waals surface area (Å²) in [5, 5.41) is 0. The molecule has 0 N–H and O–H groups in total. The molecule has 1 nitrogen and oxygen atoms in total. The summed E-state index contributed by atoms with van der Waals surface area (Å²) in [4.78, 5) is 0. The van der Waals surface area contributed by atoms with Crippen LogP contribution < -0.4 is 0 Å². The average Bonchev–Trinajstić information content (AvgIpc) is 2.41. The molecule has 0 heterocycles. The van der Waals surface area contributed by atoms with Crippen molar-refractivity contribution in [3.63, 3.8) is 0 Å². The highest BCUT2D eigenvalue weighted by Gasteiger charge is 2.29. The van der Waals surface area contributed by atoms with Crippen molar-refractivity contribution in [3.8, 4) is 0 Å². The molecule has 1 aliphatic rings. The van der Waals surface area contributed by atoms with Gasteiger partial charge < -0.3 is 4.74 Å². The Kier molecular flexibility index (Phi) is 4.41. The summed E-state index contributed by atoms with van der Waals surface area (Å²) >= 11 is 5.65. The second-order valence-corrected chi connectivity index (χ2v) is 4.63. The van der Waals surface area contributed by atoms with Crippen LogP contribution in [0.4, 0.5) is 0 Å². The van der Waals surface area contributed by atoms with Crippen LogP contribution in [0.2, 0.25) is 0 Å². The summed E-state index contributed by atoms with van der Waals surface area (Å²) < 4.78 is 5.66. The number of hydrogen-bond donors (Lipinski definition) is 0. The summed E-state index contributed by atoms with van der Waals surface area (Å²) in [5.41, 5.74) is 1.28. The van der Waals surface area contributed by atoms with Crippen molar-refractivity contribution >= 4 is 11.6 Å². The Labute approximate surface area is 108 Å². The lowest BCUT2D eigenvalue weighted by Crippen LogP contribution is -2.30. The molecule has 0 aromatic heterocycles. The topological polar surface area (TPSA) is 9.23 Å². The standard InChI is InChI=1S/C15H17ClO/c16-11-12-17-13-15(9-5-2-6-10-15)14-7-3-1-4-8-14/h1-9H,10-13H2/t15-/m0/s1. The molecule has 0 unspecified atom stereocenters. The zero-order chi connectivity index (χ0) is 12.0. The normalized spacial score (nSPS) is 22.9. The van der Waals surface area contributed by atoms with Crippen LogP contribution in [0.15, 0.2) is 54.6 Å². The number of alkyl halides is 1. The fourth-order valence-corrected chi connectivity index (χ4v) is 2.26. The van der Waals surface area contributed by atoms with Gasteiger partial charge in [-0.3, -0.25) is 0 Å². The van der Waals surface area contributed by atoms with Gasteiger partial charge in [0.1, 0.15) is 0 Å². The lowest BCUT2D eigenvalue weighted by molar-refractivity contribution is 0.111. The van der Waals surface area contributed by atoms with E-state index in [0.717, 1.165) is 6.42 Å². The molecule has 2 rings (SSSR count). The Morgan fingerprint density at radius 3 is 2.65 bits per heavy atom. The number of ether oxygens (including phenoxy) is 1. The van der Waals surface area contributed by atoms with E-state index in [1.807, 2.05) is 6.07 Å². The highest BCUT2D eigenvalue weighted by Crippen LogP contribution is 2.32. The third-order valence-electron chi connectivity index (χ3n) is 3.07. The highest BCUT2D eigenvalue weighted by molar-refractivity contribution is 6.17. The second-order valence-electron chi connectivity index (χ2n) is 4.26. The SMILES string of the molecule is ClCCOC[C@]1(c2ccccc2)C=CC=CC1. The molecule has 0 saturated heterocycles. The van der Waals surface area contributed by atoms with Crippen LogP contribution in [-0.4, -0.2) is 19.1 Å². The molecule has 0 amide bonds. The molecule has 1 aromatic rings. The van der Waals surface area contributed by atoms with Gasteiger partial charge in [-0.05, 0) is 12.0 Å². The molecule has 0 spiro atoms. The quantitative estimate of drug-likeness (QED) is 0.570. The van der Waals surface area contributed by atoms with Crippen molar-refractivity contribution < 1.29 is 4.74 Å². The van der Waals surface area contributed by atoms with Crippen molar-refractivity contribution in [2.45, 2.75) is 11.8 Å². The lowest BCUT2D eigenvalue weighted by atomic mass is 9.76. The van der Waals surface area contributed by atoms with E-state index in [0.29, 0.717) is 19.1 Å². The van der Waals surface area contributed by atoms with E-state index in [-0.39, 0.29) is 5.41 Å². The summed E-state index contributed by atoms with van der Waals surface area (Å²) in [5.74, 6) is 0.546. The Morgan fingerprint density at radius 2 is 2.00 bits per heavy atom. The minimum Gasteiger partial charge on any atom is -0.379 e. The highest BCUT2D eigenvalue weighted by atomic mass is 35.5. The number of halogens is 1. The second kappa shape index (κ2) is 6.04. The molecule has 0 bridgehead atoms. The first-order valence-electron chi connectivity index (χ1n) is 5.91. The van der Waals surface area contributed by atoms with E-state index in [4.69, 9.17) is 16.3 Å². The van der Waals surface area contributed by atoms with E-state index in [9.17, 15) is 0 Å². The van der Waals surface area contributed by atoms with Crippen LogP contribution in [0.25, 0.3) is 0 Å². The maximum absolute atomic E-state index is 5.66. The predicted octanol–water partition coefficient (Wildman–Crippen LogP) is 3.70. The van der Waals surface area contributed by atoms with Gasteiger partial charge in [-0.25, -0.2) is 0 Å². The van der Waals surface area contributed by atoms with Gasteiger partial charge in [0.05, 0.1) is 13.2 Å². The van der Waals surface area contributed by atoms with Gasteiger partial charge in [0.2, 0.25) is 0 Å². The summed E-state index contributed by atoms with van der Waals surface area (Å²) in [6, 6.07) is 10.5. The first-order valence-corrected chi connectivity index (χ1v) is 6.44. The first kappa shape index (κ1) is 12.4. The van der Waals surface area contributed by atoms with E-state index >= 15 is 0 Å². The molecule has 1 aliphatic carbocycles. The average molecular weight is 249 g/mol. The molecule has 17 heavy (non-hydrogen) atoms. The zero-order valence-electron chi connectivity index (χ0n) is 9.81. The third-order valence-corrected chi connectivity index (χ3v) is 3.23. The molecule has 2 heteroatoms. The summed E-state index contributed by atoms with van der Waals surface area (Å²) in [6.45, 7) is 1.29. The van der Waals surface area contributed by atoms with Crippen molar-refractivity contribution in [3.05, 3.63) is 60.2 Å². The van der Waals surface area contributed by atoms with E-state index in [1.54, 1.807) is 0 Å². The fourth-order valence-electron chi connectivity index (χ4n) is 2.15. The summed E-state index contributed by atoms with van der Waals surface area (Å²) in [7, 11) is 0. The molecule has 1 aromatic carbocycles. The number of hydrogen-bond acceptors (Lipinski definition) is 1. The summed E-state index contributed by atoms with van der Waals surface area (Å²) in [6.07, 6.45) is 9.59. The predicted molar refractivity (Wildman–Crippen MR) is 72.6 cm³/mol. The molecule has 0 saturated carbocycles. The van der Waals surface area contributed by atoms with Crippen molar-refractivity contribution in [2.24, 2.45) is 0 Å². The van der Waals surface area contributed by atoms with E-state index in [1.165, 1.54) is 5.56 Å². The number of allylic oxidation sites excluding steroid dienone is 3. The van der Waals surface area contributed by atoms with E-state index < -0.39 is 0 Å². The van der Waals surface area contributed by atoms with Crippen LogP contribution in [0.3, 0.4) is 0 Å². The molecule has 1 atom stereocenters. The molecule has 90 valence electrons. The Hall–Kier alpha value is -1.05. The van der Waals surface area contributed by atoms with Crippen molar-refractivity contribution in [1.29, 1.82) is 0 Å². The molecule has 0 radical (unpaired) electrons. The molecule has 0 fully saturated rings. The molecule has 0 aliphatic heterocycles. The molecular weight excluding hydrogens is 232 g/mol. The maximum atomic E-state index is 5.66. The first-order chi connectivity index (χ1) is 8.37. The smallest absolute Gasteiger partial charge is 0.0602 e. The van der Waals surface area contributed by atoms with Gasteiger partial charge in [0.15, 0.2) is 0 Å². The van der Waals surface area contributed by atoms with E-state index in [2.05, 4.69) is 48.6 Å². The van der Waals surface area contributed by atoms with Crippen LogP contribution in [-0.2, 0) is 10.2 Å². The van der Waals surface area contributed by atoms with Gasteiger partial charge >= 0.3 is 0 Å². The Morgan fingerprint density at radius 1 is 1.18 bits per heavy atom. The van der Waals surface area contributed by atoms with Gasteiger partial charge in [-0.1, -0.05) is 54.6 Å². The number of benzene rings is 1. The Bertz CT molecular complexity index is 397. The van der Waals surface area contributed by atoms with Gasteiger partial charge in [-0.2, -0.15) is 0 Å². The van der Waals surface area contributed by atoms with Crippen LogP contribution in [0, 0.1) is 0 Å². The van der Waals surface area contributed by atoms with Gasteiger partial charge in [0, 0.05) is 11.3 Å². The van der Waals surface area contributed by atoms with Crippen molar-refractivity contribution in [1.82, 2.24) is 0 Å². The zero-order valence-corrected chi connectivity index (χ0v) is 10.6. The Balaban J connectivity index is 2.19. The minimum absolute atomic E-state index is 0.0257.